The highest BCUT2D eigenvalue weighted by Gasteiger charge is 2.23. The Kier molecular flexibility index (Phi) is 6.43. The van der Waals surface area contributed by atoms with Crippen LogP contribution >= 0.6 is 0 Å². The monoisotopic (exact) mass is 337 g/mol. The third-order valence-corrected chi connectivity index (χ3v) is 5.39. The van der Waals surface area contributed by atoms with Crippen LogP contribution in [0.3, 0.4) is 0 Å². The van der Waals surface area contributed by atoms with Gasteiger partial charge in [-0.05, 0) is 18.2 Å². The van der Waals surface area contributed by atoms with Crippen LogP contribution in [-0.2, 0) is 25.6 Å². The zero-order chi connectivity index (χ0) is 16.0. The van der Waals surface area contributed by atoms with E-state index in [-0.39, 0.29) is 17.9 Å². The van der Waals surface area contributed by atoms with Gasteiger partial charge in [0.1, 0.15) is 5.82 Å². The van der Waals surface area contributed by atoms with Gasteiger partial charge in [0.05, 0.1) is 17.6 Å². The van der Waals surface area contributed by atoms with E-state index in [0.717, 1.165) is 25.3 Å². The second kappa shape index (κ2) is 7.62. The Morgan fingerprint density at radius 3 is 2.67 bits per heavy atom. The highest BCUT2D eigenvalue weighted by molar-refractivity contribution is 7.89. The molecule has 1 rings (SSSR count). The summed E-state index contributed by atoms with van der Waals surface area (Å²) in [6, 6.07) is 2.75. The summed E-state index contributed by atoms with van der Waals surface area (Å²) < 4.78 is 55.4. The van der Waals surface area contributed by atoms with E-state index in [1.165, 1.54) is 0 Å². The molecule has 9 heteroatoms. The first-order valence-corrected chi connectivity index (χ1v) is 9.01. The number of ether oxygens (including phenoxy) is 1. The van der Waals surface area contributed by atoms with Crippen molar-refractivity contribution in [1.82, 2.24) is 4.72 Å². The quantitative estimate of drug-likeness (QED) is 0.738. The number of esters is 1. The second-order valence-electron chi connectivity index (χ2n) is 3.96. The van der Waals surface area contributed by atoms with Gasteiger partial charge < -0.3 is 4.74 Å². The van der Waals surface area contributed by atoms with Crippen molar-refractivity contribution < 1.29 is 26.5 Å². The normalized spacial score (nSPS) is 12.9. The van der Waals surface area contributed by atoms with E-state index < -0.39 is 37.5 Å². The molecule has 1 N–H and O–H groups in total. The lowest BCUT2D eigenvalue weighted by Gasteiger charge is -2.10. The van der Waals surface area contributed by atoms with Gasteiger partial charge in [0.2, 0.25) is 10.0 Å². The van der Waals surface area contributed by atoms with Crippen molar-refractivity contribution in [2.75, 3.05) is 25.2 Å². The lowest BCUT2D eigenvalue weighted by Crippen LogP contribution is -2.29. The van der Waals surface area contributed by atoms with Gasteiger partial charge in [-0.15, -0.1) is 0 Å². The van der Waals surface area contributed by atoms with Crippen molar-refractivity contribution in [2.24, 2.45) is 0 Å². The molecule has 21 heavy (non-hydrogen) atoms. The molecule has 1 atom stereocenters. The van der Waals surface area contributed by atoms with E-state index in [2.05, 4.69) is 9.46 Å². The molecule has 0 amide bonds. The Morgan fingerprint density at radius 2 is 2.10 bits per heavy atom. The Hall–Kier alpha value is -1.32. The topological polar surface area (TPSA) is 89.5 Å². The van der Waals surface area contributed by atoms with Crippen molar-refractivity contribution in [3.63, 3.8) is 0 Å². The number of sulfonamides is 1. The van der Waals surface area contributed by atoms with E-state index >= 15 is 0 Å². The maximum Gasteiger partial charge on any atom is 0.339 e. The number of benzene rings is 1. The molecule has 0 radical (unpaired) electrons. The first kappa shape index (κ1) is 17.7. The van der Waals surface area contributed by atoms with Crippen LogP contribution in [0, 0.1) is 5.82 Å². The highest BCUT2D eigenvalue weighted by Crippen LogP contribution is 2.18. The van der Waals surface area contributed by atoms with E-state index in [4.69, 9.17) is 0 Å². The van der Waals surface area contributed by atoms with Crippen LogP contribution in [0.1, 0.15) is 17.3 Å². The summed E-state index contributed by atoms with van der Waals surface area (Å²) in [4.78, 5) is 11.0. The molecule has 0 aliphatic carbocycles. The molecule has 0 saturated heterocycles. The number of rotatable bonds is 7. The van der Waals surface area contributed by atoms with E-state index in [1.54, 1.807) is 6.92 Å². The van der Waals surface area contributed by atoms with Gasteiger partial charge in [0.25, 0.3) is 0 Å². The van der Waals surface area contributed by atoms with E-state index in [1.807, 2.05) is 0 Å². The smallest absolute Gasteiger partial charge is 0.339 e. The lowest BCUT2D eigenvalue weighted by atomic mass is 10.2. The molecule has 0 heterocycles. The predicted molar refractivity (Wildman–Crippen MR) is 76.5 cm³/mol. The first-order chi connectivity index (χ1) is 9.81. The molecular formula is C12H16FNO5S2. The minimum atomic E-state index is -4.10. The van der Waals surface area contributed by atoms with Crippen molar-refractivity contribution in [1.29, 1.82) is 0 Å². The Balaban J connectivity index is 3.04. The maximum atomic E-state index is 13.3. The number of methoxy groups -OCH3 is 1. The van der Waals surface area contributed by atoms with Crippen LogP contribution in [0.2, 0.25) is 0 Å². The van der Waals surface area contributed by atoms with Crippen molar-refractivity contribution >= 4 is 26.8 Å². The summed E-state index contributed by atoms with van der Waals surface area (Å²) >= 11 is 0. The zero-order valence-corrected chi connectivity index (χ0v) is 13.2. The average Bonchev–Trinajstić information content (AvgIpc) is 2.45. The van der Waals surface area contributed by atoms with Crippen molar-refractivity contribution in [3.8, 4) is 0 Å². The minimum Gasteiger partial charge on any atom is -0.465 e. The molecule has 0 bridgehead atoms. The molecular weight excluding hydrogens is 321 g/mol. The van der Waals surface area contributed by atoms with E-state index in [9.17, 15) is 21.8 Å². The number of carbonyl (C=O) groups is 1. The number of hydrogen-bond donors (Lipinski definition) is 1. The summed E-state index contributed by atoms with van der Waals surface area (Å²) in [5.41, 5.74) is -0.261. The molecule has 6 nitrogen and oxygen atoms in total. The van der Waals surface area contributed by atoms with E-state index in [0.29, 0.717) is 5.75 Å². The lowest BCUT2D eigenvalue weighted by molar-refractivity contribution is 0.0596. The molecule has 0 aromatic heterocycles. The van der Waals surface area contributed by atoms with Crippen LogP contribution in [0.4, 0.5) is 4.39 Å². The number of nitrogens with one attached hydrogen (secondary N) is 1. The van der Waals surface area contributed by atoms with Crippen LogP contribution in [0.5, 0.6) is 0 Å². The van der Waals surface area contributed by atoms with Crippen LogP contribution in [-0.4, -0.2) is 43.8 Å². The summed E-state index contributed by atoms with van der Waals surface area (Å²) in [7, 11) is -4.13. The highest BCUT2D eigenvalue weighted by atomic mass is 32.2. The molecule has 0 aliphatic heterocycles. The molecule has 1 aromatic carbocycles. The van der Waals surface area contributed by atoms with Gasteiger partial charge in [-0.25, -0.2) is 22.3 Å². The van der Waals surface area contributed by atoms with Crippen LogP contribution in [0.15, 0.2) is 23.1 Å². The predicted octanol–water partition coefficient (Wildman–Crippen LogP) is 0.659. The summed E-state index contributed by atoms with van der Waals surface area (Å²) in [5, 5.41) is 0. The van der Waals surface area contributed by atoms with Crippen molar-refractivity contribution in [3.05, 3.63) is 29.6 Å². The standard InChI is InChI=1S/C12H16FNO5S2/c1-3-20(16)7-6-14-21(17,18)11-8-9(13)4-5-10(11)12(15)19-2/h4-5,8,14H,3,6-7H2,1-2H3. The van der Waals surface area contributed by atoms with Crippen LogP contribution < -0.4 is 4.72 Å². The van der Waals surface area contributed by atoms with Gasteiger partial charge in [0, 0.05) is 28.9 Å². The van der Waals surface area contributed by atoms with Crippen LogP contribution in [0.25, 0.3) is 0 Å². The summed E-state index contributed by atoms with van der Waals surface area (Å²) in [6.45, 7) is 1.65. The Bertz CT molecular complexity index is 645. The zero-order valence-electron chi connectivity index (χ0n) is 11.6. The average molecular weight is 337 g/mol. The van der Waals surface area contributed by atoms with Crippen molar-refractivity contribution in [2.45, 2.75) is 11.8 Å². The Labute approximate surface area is 125 Å². The summed E-state index contributed by atoms with van der Waals surface area (Å²) in [6.07, 6.45) is 0. The molecule has 1 unspecified atom stereocenters. The number of carbonyl (C=O) groups excluding carboxylic acids is 1. The van der Waals surface area contributed by atoms with Gasteiger partial charge in [0.15, 0.2) is 0 Å². The fourth-order valence-corrected chi connectivity index (χ4v) is 3.49. The number of hydrogen-bond acceptors (Lipinski definition) is 5. The molecule has 0 aliphatic rings. The van der Waals surface area contributed by atoms with Gasteiger partial charge >= 0.3 is 5.97 Å². The number of halogens is 1. The third-order valence-electron chi connectivity index (χ3n) is 2.58. The molecule has 118 valence electrons. The largest absolute Gasteiger partial charge is 0.465 e. The van der Waals surface area contributed by atoms with Gasteiger partial charge in [-0.2, -0.15) is 0 Å². The summed E-state index contributed by atoms with van der Waals surface area (Å²) in [5.74, 6) is -1.12. The SMILES string of the molecule is CCS(=O)CCNS(=O)(=O)c1cc(F)ccc1C(=O)OC. The third kappa shape index (κ3) is 4.87. The first-order valence-electron chi connectivity index (χ1n) is 6.04. The molecule has 0 fully saturated rings. The fourth-order valence-electron chi connectivity index (χ4n) is 1.51. The molecule has 1 aromatic rings. The fraction of sp³-hybridized carbons (Fsp3) is 0.417. The maximum absolute atomic E-state index is 13.3. The minimum absolute atomic E-state index is 0.0695. The Morgan fingerprint density at radius 1 is 1.43 bits per heavy atom. The molecule has 0 spiro atoms. The van der Waals surface area contributed by atoms with Gasteiger partial charge in [-0.3, -0.25) is 4.21 Å². The second-order valence-corrected chi connectivity index (χ2v) is 7.56. The van der Waals surface area contributed by atoms with Gasteiger partial charge in [-0.1, -0.05) is 6.92 Å². The molecule has 0 saturated carbocycles.